The smallest absolute Gasteiger partial charge is 0.230 e. The molecule has 3 rings (SSSR count). The fraction of sp³-hybridized carbons (Fsp3) is 0.516. The summed E-state index contributed by atoms with van der Waals surface area (Å²) >= 11 is 0. The maximum atomic E-state index is 15.7. The molecular weight excluding hydrogens is 522 g/mol. The van der Waals surface area contributed by atoms with Crippen LogP contribution in [0.3, 0.4) is 0 Å². The van der Waals surface area contributed by atoms with Gasteiger partial charge in [-0.15, -0.1) is 0 Å². The van der Waals surface area contributed by atoms with Crippen molar-refractivity contribution in [2.75, 3.05) is 32.5 Å². The lowest BCUT2D eigenvalue weighted by molar-refractivity contribution is -0.182. The van der Waals surface area contributed by atoms with E-state index in [1.54, 1.807) is 42.3 Å². The molecule has 1 aliphatic heterocycles. The van der Waals surface area contributed by atoms with Crippen molar-refractivity contribution in [3.63, 3.8) is 0 Å². The molecule has 1 fully saturated rings. The standard InChI is InChI=1S/C31H42BFN4O4/c1-29(2)20-37(21-30(3,4)41-29)17-23-11-7-10-22(27(23)33)16-35-26-13-8-12-24(19-39)25(26)18-36(6)31(32,14-9-15-38)28(40)34-5/h7-8,10-13,15,19,35H,9,14,16-18,20-21H2,1-6H3,(H,34,40). The second-order valence-electron chi connectivity index (χ2n) is 12.1. The van der Waals surface area contributed by atoms with Gasteiger partial charge in [-0.1, -0.05) is 30.3 Å². The SMILES string of the molecule is [B]C(CCC=O)(C(=O)NC)N(C)Cc1c(C=O)cccc1NCc1cccc(CN2CC(C)(C)OC(C)(C)C2)c1F. The van der Waals surface area contributed by atoms with E-state index in [9.17, 15) is 14.4 Å². The second kappa shape index (κ2) is 13.3. The number of carbonyl (C=O) groups excluding carboxylic acids is 3. The first-order valence-corrected chi connectivity index (χ1v) is 13.9. The van der Waals surface area contributed by atoms with Gasteiger partial charge in [-0.05, 0) is 52.8 Å². The van der Waals surface area contributed by atoms with Crippen LogP contribution in [0, 0.1) is 5.82 Å². The van der Waals surface area contributed by atoms with Crippen LogP contribution in [-0.4, -0.2) is 80.0 Å². The van der Waals surface area contributed by atoms with Crippen molar-refractivity contribution < 1.29 is 23.5 Å². The summed E-state index contributed by atoms with van der Waals surface area (Å²) in [6.07, 6.45) is 1.66. The Bertz CT molecular complexity index is 1240. The Morgan fingerprint density at radius 2 is 1.76 bits per heavy atom. The van der Waals surface area contributed by atoms with Crippen molar-refractivity contribution in [1.82, 2.24) is 15.1 Å². The van der Waals surface area contributed by atoms with Gasteiger partial charge < -0.3 is 20.2 Å². The molecule has 2 N–H and O–H groups in total. The van der Waals surface area contributed by atoms with E-state index in [0.29, 0.717) is 53.9 Å². The van der Waals surface area contributed by atoms with Gasteiger partial charge in [0.15, 0.2) is 0 Å². The molecule has 0 saturated carbocycles. The van der Waals surface area contributed by atoms with Gasteiger partial charge >= 0.3 is 0 Å². The molecule has 1 atom stereocenters. The van der Waals surface area contributed by atoms with Gasteiger partial charge in [0.25, 0.3) is 0 Å². The third kappa shape index (κ3) is 8.02. The van der Waals surface area contributed by atoms with E-state index in [1.807, 2.05) is 33.8 Å². The van der Waals surface area contributed by atoms with E-state index in [4.69, 9.17) is 12.6 Å². The average molecular weight is 565 g/mol. The summed E-state index contributed by atoms with van der Waals surface area (Å²) in [5.74, 6) is -0.715. The maximum Gasteiger partial charge on any atom is 0.230 e. The van der Waals surface area contributed by atoms with Gasteiger partial charge in [-0.25, -0.2) is 4.39 Å². The molecule has 8 nitrogen and oxygen atoms in total. The van der Waals surface area contributed by atoms with Crippen LogP contribution in [0.1, 0.15) is 67.6 Å². The molecule has 0 aliphatic carbocycles. The highest BCUT2D eigenvalue weighted by molar-refractivity contribution is 6.28. The lowest BCUT2D eigenvalue weighted by atomic mass is 9.71. The Balaban J connectivity index is 1.82. The summed E-state index contributed by atoms with van der Waals surface area (Å²) in [6.45, 7) is 10.4. The first-order chi connectivity index (χ1) is 19.2. The minimum atomic E-state index is -1.47. The molecule has 2 radical (unpaired) electrons. The van der Waals surface area contributed by atoms with Crippen molar-refractivity contribution in [1.29, 1.82) is 0 Å². The highest BCUT2D eigenvalue weighted by Crippen LogP contribution is 2.30. The minimum Gasteiger partial charge on any atom is -0.381 e. The number of carbonyl (C=O) groups is 3. The third-order valence-electron chi connectivity index (χ3n) is 7.46. The second-order valence-corrected chi connectivity index (χ2v) is 12.1. The number of aldehydes is 2. The van der Waals surface area contributed by atoms with Gasteiger partial charge in [-0.3, -0.25) is 19.4 Å². The molecule has 2 aromatic carbocycles. The maximum absolute atomic E-state index is 15.7. The zero-order chi connectivity index (χ0) is 30.4. The number of halogens is 1. The molecule has 1 amide bonds. The van der Waals surface area contributed by atoms with E-state index < -0.39 is 11.3 Å². The van der Waals surface area contributed by atoms with E-state index in [2.05, 4.69) is 15.5 Å². The Kier molecular flexibility index (Phi) is 10.5. The Labute approximate surface area is 244 Å². The van der Waals surface area contributed by atoms with E-state index in [-0.39, 0.29) is 43.0 Å². The number of hydrogen-bond acceptors (Lipinski definition) is 7. The van der Waals surface area contributed by atoms with E-state index >= 15 is 4.39 Å². The third-order valence-corrected chi connectivity index (χ3v) is 7.46. The van der Waals surface area contributed by atoms with E-state index in [1.165, 1.54) is 7.05 Å². The lowest BCUT2D eigenvalue weighted by Crippen LogP contribution is -2.57. The normalized spacial score (nSPS) is 18.0. The molecule has 0 spiro atoms. The van der Waals surface area contributed by atoms with Crippen molar-refractivity contribution in [3.05, 3.63) is 64.5 Å². The Morgan fingerprint density at radius 3 is 2.37 bits per heavy atom. The summed E-state index contributed by atoms with van der Waals surface area (Å²) in [5, 5.41) is 5.85. The van der Waals surface area contributed by atoms with Crippen molar-refractivity contribution in [2.24, 2.45) is 0 Å². The van der Waals surface area contributed by atoms with Crippen molar-refractivity contribution in [3.8, 4) is 0 Å². The number of ether oxygens (including phenoxy) is 1. The molecule has 2 aromatic rings. The highest BCUT2D eigenvalue weighted by Gasteiger charge is 2.38. The molecule has 0 aromatic heterocycles. The molecule has 1 saturated heterocycles. The van der Waals surface area contributed by atoms with Crippen LogP contribution in [0.15, 0.2) is 36.4 Å². The average Bonchev–Trinajstić information content (AvgIpc) is 2.90. The summed E-state index contributed by atoms with van der Waals surface area (Å²) in [6, 6.07) is 10.6. The predicted octanol–water partition coefficient (Wildman–Crippen LogP) is 3.66. The van der Waals surface area contributed by atoms with Crippen molar-refractivity contribution in [2.45, 2.75) is 76.8 Å². The number of hydrogen-bond donors (Lipinski definition) is 2. The molecule has 1 heterocycles. The first kappa shape index (κ1) is 32.4. The Morgan fingerprint density at radius 1 is 1.12 bits per heavy atom. The largest absolute Gasteiger partial charge is 0.381 e. The van der Waals surface area contributed by atoms with Crippen LogP contribution in [0.5, 0.6) is 0 Å². The number of anilines is 1. The van der Waals surface area contributed by atoms with Crippen LogP contribution in [0.2, 0.25) is 0 Å². The minimum absolute atomic E-state index is 0.101. The molecule has 220 valence electrons. The van der Waals surface area contributed by atoms with Gasteiger partial charge in [0.2, 0.25) is 5.91 Å². The molecular formula is C31H42BFN4O4. The monoisotopic (exact) mass is 564 g/mol. The Hall–Kier alpha value is -3.08. The summed E-state index contributed by atoms with van der Waals surface area (Å²) in [7, 11) is 9.62. The summed E-state index contributed by atoms with van der Waals surface area (Å²) in [5.41, 5.74) is 0.618. The topological polar surface area (TPSA) is 91.0 Å². The van der Waals surface area contributed by atoms with Crippen LogP contribution < -0.4 is 10.6 Å². The molecule has 41 heavy (non-hydrogen) atoms. The molecule has 0 bridgehead atoms. The predicted molar refractivity (Wildman–Crippen MR) is 159 cm³/mol. The molecule has 1 unspecified atom stereocenters. The number of morpholine rings is 1. The zero-order valence-electron chi connectivity index (χ0n) is 25.1. The number of rotatable bonds is 13. The fourth-order valence-electron chi connectivity index (χ4n) is 5.79. The lowest BCUT2D eigenvalue weighted by Gasteiger charge is -2.47. The van der Waals surface area contributed by atoms with Gasteiger partial charge in [-0.2, -0.15) is 0 Å². The number of nitrogens with one attached hydrogen (secondary N) is 2. The molecule has 1 aliphatic rings. The zero-order valence-corrected chi connectivity index (χ0v) is 25.1. The number of likely N-dealkylation sites (N-methyl/N-ethyl adjacent to an activating group) is 2. The van der Waals surface area contributed by atoms with Gasteiger partial charge in [0.05, 0.1) is 16.6 Å². The van der Waals surface area contributed by atoms with Crippen LogP contribution in [-0.2, 0) is 34.0 Å². The fourth-order valence-corrected chi connectivity index (χ4v) is 5.79. The molecule has 10 heteroatoms. The quantitative estimate of drug-likeness (QED) is 0.284. The van der Waals surface area contributed by atoms with Crippen LogP contribution in [0.25, 0.3) is 0 Å². The highest BCUT2D eigenvalue weighted by atomic mass is 19.1. The first-order valence-electron chi connectivity index (χ1n) is 13.9. The summed E-state index contributed by atoms with van der Waals surface area (Å²) < 4.78 is 21.9. The van der Waals surface area contributed by atoms with Crippen LogP contribution in [0.4, 0.5) is 10.1 Å². The number of benzene rings is 2. The number of amides is 1. The number of nitrogens with zero attached hydrogens (tertiary/aromatic N) is 2. The van der Waals surface area contributed by atoms with Crippen molar-refractivity contribution >= 4 is 32.0 Å². The van der Waals surface area contributed by atoms with Crippen LogP contribution >= 0.6 is 0 Å². The van der Waals surface area contributed by atoms with Gasteiger partial charge in [0.1, 0.15) is 26.2 Å². The summed E-state index contributed by atoms with van der Waals surface area (Å²) in [4.78, 5) is 39.5. The van der Waals surface area contributed by atoms with E-state index in [0.717, 1.165) is 6.29 Å². The van der Waals surface area contributed by atoms with Gasteiger partial charge in [0, 0.05) is 68.6 Å².